The number of halogens is 2. The molecule has 0 aliphatic rings. The molecule has 30 heavy (non-hydrogen) atoms. The molecule has 0 aromatic heterocycles. The number of nitrogens with one attached hydrogen (secondary N) is 4. The number of amides is 2. The standard InChI is InChI=1S/C22H28Br2N4O2/c23-15-25-17-7-11-19(12-8-17)27-21(29)5-3-1-2-4-6-22(30)28-20-13-9-18(10-14-20)26-16-24/h7-14,25-26H,1-6,15-16H2,(H,27,29)(H,28,30). The van der Waals surface area contributed by atoms with Crippen LogP contribution in [0.5, 0.6) is 0 Å². The molecule has 4 N–H and O–H groups in total. The predicted octanol–water partition coefficient (Wildman–Crippen LogP) is 6.13. The van der Waals surface area contributed by atoms with Gasteiger partial charge in [-0.3, -0.25) is 9.59 Å². The zero-order valence-corrected chi connectivity index (χ0v) is 20.0. The summed E-state index contributed by atoms with van der Waals surface area (Å²) in [5.74, 6) is 0.0404. The fraction of sp³-hybridized carbons (Fsp3) is 0.364. The van der Waals surface area contributed by atoms with Crippen LogP contribution in [-0.2, 0) is 9.59 Å². The van der Waals surface area contributed by atoms with E-state index in [2.05, 4.69) is 53.1 Å². The Morgan fingerprint density at radius 3 is 1.23 bits per heavy atom. The Hall–Kier alpha value is -2.06. The molecular weight excluding hydrogens is 512 g/mol. The summed E-state index contributed by atoms with van der Waals surface area (Å²) >= 11 is 6.63. The van der Waals surface area contributed by atoms with E-state index < -0.39 is 0 Å². The fourth-order valence-corrected chi connectivity index (χ4v) is 3.52. The van der Waals surface area contributed by atoms with Crippen LogP contribution in [0.25, 0.3) is 0 Å². The third kappa shape index (κ3) is 9.63. The Morgan fingerprint density at radius 2 is 0.900 bits per heavy atom. The van der Waals surface area contributed by atoms with Crippen molar-refractivity contribution in [1.29, 1.82) is 0 Å². The molecule has 0 bridgehead atoms. The minimum absolute atomic E-state index is 0.0202. The van der Waals surface area contributed by atoms with Crippen LogP contribution in [0, 0.1) is 0 Å². The zero-order chi connectivity index (χ0) is 21.6. The summed E-state index contributed by atoms with van der Waals surface area (Å²) in [6, 6.07) is 15.2. The number of hydrogen-bond donors (Lipinski definition) is 4. The molecule has 0 radical (unpaired) electrons. The summed E-state index contributed by atoms with van der Waals surface area (Å²) in [6.07, 6.45) is 4.48. The predicted molar refractivity (Wildman–Crippen MR) is 133 cm³/mol. The van der Waals surface area contributed by atoms with Gasteiger partial charge >= 0.3 is 0 Å². The molecule has 0 aliphatic heterocycles. The topological polar surface area (TPSA) is 82.3 Å². The highest BCUT2D eigenvalue weighted by molar-refractivity contribution is 9.09. The van der Waals surface area contributed by atoms with Gasteiger partial charge in [-0.05, 0) is 61.4 Å². The Kier molecular flexibility index (Phi) is 11.3. The van der Waals surface area contributed by atoms with E-state index in [0.717, 1.165) is 48.4 Å². The van der Waals surface area contributed by atoms with Gasteiger partial charge in [0, 0.05) is 35.6 Å². The van der Waals surface area contributed by atoms with Gasteiger partial charge in [-0.25, -0.2) is 0 Å². The summed E-state index contributed by atoms with van der Waals surface area (Å²) in [4.78, 5) is 24.1. The number of hydrogen-bond acceptors (Lipinski definition) is 4. The molecule has 8 heteroatoms. The van der Waals surface area contributed by atoms with Crippen LogP contribution >= 0.6 is 31.9 Å². The van der Waals surface area contributed by atoms with Crippen molar-refractivity contribution in [2.75, 3.05) is 32.2 Å². The van der Waals surface area contributed by atoms with Gasteiger partial charge in [-0.2, -0.15) is 0 Å². The molecule has 0 aliphatic carbocycles. The van der Waals surface area contributed by atoms with Crippen LogP contribution in [0.4, 0.5) is 22.7 Å². The zero-order valence-electron chi connectivity index (χ0n) is 16.8. The maximum absolute atomic E-state index is 12.0. The third-order valence-corrected chi connectivity index (χ3v) is 5.00. The number of carbonyl (C=O) groups excluding carboxylic acids is 2. The summed E-state index contributed by atoms with van der Waals surface area (Å²) < 4.78 is 0. The summed E-state index contributed by atoms with van der Waals surface area (Å²) in [5.41, 5.74) is 4.96. The van der Waals surface area contributed by atoms with Crippen molar-refractivity contribution in [3.05, 3.63) is 48.5 Å². The average molecular weight is 540 g/mol. The normalized spacial score (nSPS) is 10.3. The van der Waals surface area contributed by atoms with E-state index in [1.165, 1.54) is 0 Å². The molecule has 0 unspecified atom stereocenters. The molecule has 6 nitrogen and oxygen atoms in total. The van der Waals surface area contributed by atoms with Gasteiger partial charge in [0.25, 0.3) is 0 Å². The van der Waals surface area contributed by atoms with E-state index in [4.69, 9.17) is 0 Å². The highest BCUT2D eigenvalue weighted by Crippen LogP contribution is 2.16. The summed E-state index contributed by atoms with van der Waals surface area (Å²) in [7, 11) is 0. The van der Waals surface area contributed by atoms with Crippen LogP contribution in [0.2, 0.25) is 0 Å². The Labute approximate surface area is 194 Å². The lowest BCUT2D eigenvalue weighted by Gasteiger charge is -2.08. The molecule has 0 fully saturated rings. The van der Waals surface area contributed by atoms with E-state index in [-0.39, 0.29) is 11.8 Å². The van der Waals surface area contributed by atoms with Gasteiger partial charge in [0.15, 0.2) is 0 Å². The average Bonchev–Trinajstić information content (AvgIpc) is 2.74. The first kappa shape index (κ1) is 24.2. The van der Waals surface area contributed by atoms with Crippen molar-refractivity contribution in [2.45, 2.75) is 38.5 Å². The molecule has 2 amide bonds. The van der Waals surface area contributed by atoms with E-state index in [0.29, 0.717) is 23.7 Å². The van der Waals surface area contributed by atoms with Crippen molar-refractivity contribution in [1.82, 2.24) is 0 Å². The number of rotatable bonds is 13. The second-order valence-electron chi connectivity index (χ2n) is 6.79. The largest absolute Gasteiger partial charge is 0.375 e. The van der Waals surface area contributed by atoms with Gasteiger partial charge in [-0.15, -0.1) is 0 Å². The number of unbranched alkanes of at least 4 members (excludes halogenated alkanes) is 3. The van der Waals surface area contributed by atoms with Crippen LogP contribution < -0.4 is 21.3 Å². The van der Waals surface area contributed by atoms with Crippen molar-refractivity contribution in [3.8, 4) is 0 Å². The Morgan fingerprint density at radius 1 is 0.567 bits per heavy atom. The first-order valence-corrected chi connectivity index (χ1v) is 12.2. The SMILES string of the molecule is O=C(CCCCCCC(=O)Nc1ccc(NCBr)cc1)Nc1ccc(NCBr)cc1. The van der Waals surface area contributed by atoms with Gasteiger partial charge in [-0.1, -0.05) is 44.7 Å². The molecule has 2 aromatic carbocycles. The van der Waals surface area contributed by atoms with E-state index >= 15 is 0 Å². The Balaban J connectivity index is 1.54. The lowest BCUT2D eigenvalue weighted by atomic mass is 10.1. The van der Waals surface area contributed by atoms with E-state index in [9.17, 15) is 9.59 Å². The molecule has 0 heterocycles. The fourth-order valence-electron chi connectivity index (χ4n) is 2.87. The second-order valence-corrected chi connectivity index (χ2v) is 7.91. The molecule has 2 rings (SSSR count). The van der Waals surface area contributed by atoms with Gasteiger partial charge in [0.2, 0.25) is 11.8 Å². The van der Waals surface area contributed by atoms with Crippen molar-refractivity contribution < 1.29 is 9.59 Å². The van der Waals surface area contributed by atoms with E-state index in [1.807, 2.05) is 48.5 Å². The second kappa shape index (κ2) is 14.0. The number of anilines is 4. The molecule has 0 spiro atoms. The monoisotopic (exact) mass is 538 g/mol. The lowest BCUT2D eigenvalue weighted by molar-refractivity contribution is -0.117. The maximum atomic E-state index is 12.0. The van der Waals surface area contributed by atoms with Crippen LogP contribution in [0.3, 0.4) is 0 Å². The first-order chi connectivity index (χ1) is 14.6. The smallest absolute Gasteiger partial charge is 0.224 e. The quantitative estimate of drug-likeness (QED) is 0.140. The molecular formula is C22H28Br2N4O2. The minimum atomic E-state index is 0.0202. The molecule has 0 atom stereocenters. The van der Waals surface area contributed by atoms with Gasteiger partial charge in [0.05, 0.1) is 10.9 Å². The van der Waals surface area contributed by atoms with Crippen LogP contribution in [0.1, 0.15) is 38.5 Å². The number of benzene rings is 2. The van der Waals surface area contributed by atoms with Crippen LogP contribution in [0.15, 0.2) is 48.5 Å². The Bertz CT molecular complexity index is 715. The summed E-state index contributed by atoms with van der Waals surface area (Å²) in [5, 5.41) is 12.1. The molecule has 0 saturated carbocycles. The van der Waals surface area contributed by atoms with Crippen molar-refractivity contribution >= 4 is 66.4 Å². The van der Waals surface area contributed by atoms with Gasteiger partial charge < -0.3 is 21.3 Å². The molecule has 2 aromatic rings. The van der Waals surface area contributed by atoms with Gasteiger partial charge in [0.1, 0.15) is 0 Å². The highest BCUT2D eigenvalue weighted by atomic mass is 79.9. The first-order valence-electron chi connectivity index (χ1n) is 10.00. The number of alkyl halides is 2. The molecule has 0 saturated heterocycles. The minimum Gasteiger partial charge on any atom is -0.375 e. The summed E-state index contributed by atoms with van der Waals surface area (Å²) in [6.45, 7) is 0. The lowest BCUT2D eigenvalue weighted by Crippen LogP contribution is -2.12. The number of carbonyl (C=O) groups is 2. The van der Waals surface area contributed by atoms with Crippen molar-refractivity contribution in [3.63, 3.8) is 0 Å². The maximum Gasteiger partial charge on any atom is 0.224 e. The molecule has 162 valence electrons. The van der Waals surface area contributed by atoms with Crippen LogP contribution in [-0.4, -0.2) is 22.7 Å². The highest BCUT2D eigenvalue weighted by Gasteiger charge is 2.05. The van der Waals surface area contributed by atoms with Crippen molar-refractivity contribution in [2.24, 2.45) is 0 Å². The van der Waals surface area contributed by atoms with E-state index in [1.54, 1.807) is 0 Å². The third-order valence-electron chi connectivity index (χ3n) is 4.44.